The summed E-state index contributed by atoms with van der Waals surface area (Å²) >= 11 is 0. The quantitative estimate of drug-likeness (QED) is 0.0261. The molecule has 0 radical (unpaired) electrons. The van der Waals surface area contributed by atoms with Crippen molar-refractivity contribution in [1.82, 2.24) is 0 Å². The summed E-state index contributed by atoms with van der Waals surface area (Å²) in [6.45, 7) is 6.46. The minimum atomic E-state index is -0.815. The first-order valence-corrected chi connectivity index (χ1v) is 33.9. The highest BCUT2D eigenvalue weighted by molar-refractivity contribution is 5.71. The van der Waals surface area contributed by atoms with Gasteiger partial charge < -0.3 is 14.2 Å². The van der Waals surface area contributed by atoms with Crippen LogP contribution in [0, 0.1) is 0 Å². The molecule has 0 spiro atoms. The highest BCUT2D eigenvalue weighted by Gasteiger charge is 2.19. The van der Waals surface area contributed by atoms with E-state index in [9.17, 15) is 14.4 Å². The van der Waals surface area contributed by atoms with E-state index in [1.54, 1.807) is 0 Å². The second-order valence-corrected chi connectivity index (χ2v) is 22.7. The van der Waals surface area contributed by atoms with E-state index in [-0.39, 0.29) is 37.5 Å². The van der Waals surface area contributed by atoms with E-state index in [1.807, 2.05) is 6.08 Å². The maximum absolute atomic E-state index is 12.8. The molecular formula is C72H128O6. The zero-order valence-electron chi connectivity index (χ0n) is 51.9. The number of carbonyl (C=O) groups is 3. The number of ether oxygens (including phenoxy) is 3. The average Bonchev–Trinajstić information content (AvgIpc) is 3.44. The molecule has 0 aliphatic rings. The number of rotatable bonds is 62. The Morgan fingerprint density at radius 1 is 0.269 bits per heavy atom. The van der Waals surface area contributed by atoms with Crippen molar-refractivity contribution in [2.45, 2.75) is 354 Å². The standard InChI is InChI=1S/C72H128O6/c1-4-7-10-13-16-19-22-25-26-27-28-29-30-31-32-33-34-35-36-37-38-39-40-41-42-43-44-45-46-48-50-53-56-59-62-65-71(74)77-68-69(67-76-70(73)64-61-58-55-52-49-24-21-18-15-12-9-6-3)78-72(75)66-63-60-57-54-51-47-23-20-17-14-11-8-5-2/h8,11,17-18,20-21,27-28,47,51,57,60,69H,4-7,9-10,12-16,19,22-26,29-46,48-50,52-56,58-59,61-68H2,1-3H3/b11-8-,20-17-,21-18-,28-27-,51-47-,60-57-. The Kier molecular flexibility index (Phi) is 63.7. The van der Waals surface area contributed by atoms with Crippen LogP contribution in [0.1, 0.15) is 348 Å². The Morgan fingerprint density at radius 3 is 0.859 bits per heavy atom. The second-order valence-electron chi connectivity index (χ2n) is 22.7. The fourth-order valence-electron chi connectivity index (χ4n) is 9.86. The number of esters is 3. The number of allylic oxidation sites excluding steroid dienone is 12. The van der Waals surface area contributed by atoms with Crippen LogP contribution in [-0.2, 0) is 28.6 Å². The summed E-state index contributed by atoms with van der Waals surface area (Å²) in [7, 11) is 0. The van der Waals surface area contributed by atoms with Crippen LogP contribution in [-0.4, -0.2) is 37.2 Å². The molecule has 0 amide bonds. The molecule has 6 nitrogen and oxygen atoms in total. The average molecular weight is 1090 g/mol. The lowest BCUT2D eigenvalue weighted by Gasteiger charge is -2.18. The van der Waals surface area contributed by atoms with Crippen molar-refractivity contribution in [2.75, 3.05) is 13.2 Å². The molecule has 0 N–H and O–H groups in total. The third-order valence-electron chi connectivity index (χ3n) is 14.9. The maximum atomic E-state index is 12.8. The lowest BCUT2D eigenvalue weighted by molar-refractivity contribution is -0.166. The molecule has 0 aromatic heterocycles. The van der Waals surface area contributed by atoms with E-state index in [0.717, 1.165) is 77.0 Å². The van der Waals surface area contributed by atoms with Gasteiger partial charge in [-0.15, -0.1) is 0 Å². The molecule has 0 saturated carbocycles. The fraction of sp³-hybridized carbons (Fsp3) is 0.792. The van der Waals surface area contributed by atoms with Crippen molar-refractivity contribution in [2.24, 2.45) is 0 Å². The van der Waals surface area contributed by atoms with Crippen molar-refractivity contribution in [3.8, 4) is 0 Å². The molecule has 0 aliphatic carbocycles. The monoisotopic (exact) mass is 1090 g/mol. The van der Waals surface area contributed by atoms with Crippen LogP contribution >= 0.6 is 0 Å². The van der Waals surface area contributed by atoms with E-state index < -0.39 is 6.10 Å². The van der Waals surface area contributed by atoms with Crippen LogP contribution in [0.4, 0.5) is 0 Å². The summed E-state index contributed by atoms with van der Waals surface area (Å²) in [6.07, 6.45) is 86.9. The van der Waals surface area contributed by atoms with Gasteiger partial charge in [-0.2, -0.15) is 0 Å². The predicted octanol–water partition coefficient (Wildman–Crippen LogP) is 23.3. The topological polar surface area (TPSA) is 78.9 Å². The number of unbranched alkanes of at least 4 members (excludes halogenated alkanes) is 39. The molecule has 6 heteroatoms. The zero-order chi connectivity index (χ0) is 56.4. The van der Waals surface area contributed by atoms with Crippen LogP contribution in [0.3, 0.4) is 0 Å². The van der Waals surface area contributed by atoms with Gasteiger partial charge in [0.1, 0.15) is 13.2 Å². The number of hydrogen-bond donors (Lipinski definition) is 0. The lowest BCUT2D eigenvalue weighted by Crippen LogP contribution is -2.30. The first kappa shape index (κ1) is 74.8. The van der Waals surface area contributed by atoms with Crippen LogP contribution in [0.15, 0.2) is 72.9 Å². The Hall–Kier alpha value is -3.15. The summed E-state index contributed by atoms with van der Waals surface area (Å²) in [5, 5.41) is 0. The fourth-order valence-corrected chi connectivity index (χ4v) is 9.86. The summed E-state index contributed by atoms with van der Waals surface area (Å²) in [5.41, 5.74) is 0. The molecule has 0 rings (SSSR count). The van der Waals surface area contributed by atoms with E-state index in [4.69, 9.17) is 14.2 Å². The second kappa shape index (κ2) is 66.4. The molecular weight excluding hydrogens is 961 g/mol. The van der Waals surface area contributed by atoms with Crippen molar-refractivity contribution in [3.05, 3.63) is 72.9 Å². The van der Waals surface area contributed by atoms with Crippen LogP contribution in [0.25, 0.3) is 0 Å². The smallest absolute Gasteiger partial charge is 0.306 e. The van der Waals surface area contributed by atoms with Gasteiger partial charge in [0.15, 0.2) is 6.10 Å². The van der Waals surface area contributed by atoms with Gasteiger partial charge in [-0.05, 0) is 96.3 Å². The summed E-state index contributed by atoms with van der Waals surface area (Å²) in [5.74, 6) is -0.984. The molecule has 1 unspecified atom stereocenters. The van der Waals surface area contributed by atoms with Crippen LogP contribution < -0.4 is 0 Å². The first-order chi connectivity index (χ1) is 38.5. The SMILES string of the molecule is CC/C=C\C/C=C\C/C=C\C/C=C\CCC(=O)OC(COC(=O)CCCCCCC/C=C\CCCCC)COC(=O)CCCCCCCCCCCCCCCCCCCCCCCCC/C=C\CCCCCCCCCC. The molecule has 0 aromatic carbocycles. The van der Waals surface area contributed by atoms with Gasteiger partial charge in [0, 0.05) is 19.3 Å². The van der Waals surface area contributed by atoms with E-state index in [1.165, 1.54) is 225 Å². The van der Waals surface area contributed by atoms with Crippen LogP contribution in [0.2, 0.25) is 0 Å². The van der Waals surface area contributed by atoms with Crippen molar-refractivity contribution in [1.29, 1.82) is 0 Å². The van der Waals surface area contributed by atoms with Gasteiger partial charge in [0.25, 0.3) is 0 Å². The molecule has 78 heavy (non-hydrogen) atoms. The minimum Gasteiger partial charge on any atom is -0.462 e. The highest BCUT2D eigenvalue weighted by Crippen LogP contribution is 2.18. The van der Waals surface area contributed by atoms with E-state index in [0.29, 0.717) is 19.3 Å². The minimum absolute atomic E-state index is 0.104. The third-order valence-corrected chi connectivity index (χ3v) is 14.9. The third kappa shape index (κ3) is 63.7. The molecule has 0 aromatic rings. The van der Waals surface area contributed by atoms with Gasteiger partial charge >= 0.3 is 17.9 Å². The van der Waals surface area contributed by atoms with Crippen LogP contribution in [0.5, 0.6) is 0 Å². The highest BCUT2D eigenvalue weighted by atomic mass is 16.6. The summed E-state index contributed by atoms with van der Waals surface area (Å²) in [6, 6.07) is 0. The number of hydrogen-bond acceptors (Lipinski definition) is 6. The molecule has 1 atom stereocenters. The summed E-state index contributed by atoms with van der Waals surface area (Å²) < 4.78 is 16.8. The van der Waals surface area contributed by atoms with E-state index in [2.05, 4.69) is 87.6 Å². The molecule has 0 saturated heterocycles. The normalized spacial score (nSPS) is 12.5. The first-order valence-electron chi connectivity index (χ1n) is 33.9. The molecule has 0 bridgehead atoms. The molecule has 0 fully saturated rings. The zero-order valence-corrected chi connectivity index (χ0v) is 51.9. The molecule has 0 heterocycles. The summed E-state index contributed by atoms with van der Waals surface area (Å²) in [4.78, 5) is 38.1. The molecule has 0 aliphatic heterocycles. The molecule has 452 valence electrons. The van der Waals surface area contributed by atoms with Crippen molar-refractivity contribution < 1.29 is 28.6 Å². The Morgan fingerprint density at radius 2 is 0.526 bits per heavy atom. The Bertz CT molecular complexity index is 1440. The van der Waals surface area contributed by atoms with Gasteiger partial charge in [0.05, 0.1) is 0 Å². The van der Waals surface area contributed by atoms with E-state index >= 15 is 0 Å². The van der Waals surface area contributed by atoms with Gasteiger partial charge in [-0.1, -0.05) is 306 Å². The van der Waals surface area contributed by atoms with Gasteiger partial charge in [-0.3, -0.25) is 14.4 Å². The predicted molar refractivity (Wildman–Crippen MR) is 339 cm³/mol. The number of carbonyl (C=O) groups excluding carboxylic acids is 3. The maximum Gasteiger partial charge on any atom is 0.306 e. The Balaban J connectivity index is 4.05. The largest absolute Gasteiger partial charge is 0.462 e. The van der Waals surface area contributed by atoms with Crippen molar-refractivity contribution in [3.63, 3.8) is 0 Å². The lowest BCUT2D eigenvalue weighted by atomic mass is 10.0. The Labute approximate surface area is 484 Å². The van der Waals surface area contributed by atoms with Gasteiger partial charge in [-0.25, -0.2) is 0 Å². The van der Waals surface area contributed by atoms with Crippen molar-refractivity contribution >= 4 is 17.9 Å². The van der Waals surface area contributed by atoms with Gasteiger partial charge in [0.2, 0.25) is 0 Å².